The van der Waals surface area contributed by atoms with Gasteiger partial charge in [0.15, 0.2) is 0 Å². The van der Waals surface area contributed by atoms with Crippen LogP contribution in [0.4, 0.5) is 0 Å². The number of aromatic nitrogens is 2. The highest BCUT2D eigenvalue weighted by Gasteiger charge is 2.28. The number of ether oxygens (including phenoxy) is 1. The predicted molar refractivity (Wildman–Crippen MR) is 80.9 cm³/mol. The van der Waals surface area contributed by atoms with Crippen molar-refractivity contribution in [3.05, 3.63) is 39.8 Å². The lowest BCUT2D eigenvalue weighted by Crippen LogP contribution is -2.34. The fourth-order valence-corrected chi connectivity index (χ4v) is 3.60. The maximum absolute atomic E-state index is 5.66. The minimum absolute atomic E-state index is 0.437. The number of hydrogen-bond acceptors (Lipinski definition) is 4. The van der Waals surface area contributed by atoms with E-state index in [-0.39, 0.29) is 0 Å². The highest BCUT2D eigenvalue weighted by molar-refractivity contribution is 7.09. The van der Waals surface area contributed by atoms with Gasteiger partial charge in [-0.25, -0.2) is 0 Å². The van der Waals surface area contributed by atoms with E-state index in [1.807, 2.05) is 23.1 Å². The molecule has 0 unspecified atom stereocenters. The molecule has 0 radical (unpaired) electrons. The molecule has 3 rings (SSSR count). The summed E-state index contributed by atoms with van der Waals surface area (Å²) >= 11 is 1.82. The lowest BCUT2D eigenvalue weighted by atomic mass is 9.95. The minimum Gasteiger partial charge on any atom is -0.381 e. The van der Waals surface area contributed by atoms with Crippen molar-refractivity contribution in [1.82, 2.24) is 14.7 Å². The Balaban J connectivity index is 1.76. The van der Waals surface area contributed by atoms with Crippen molar-refractivity contribution in [3.8, 4) is 0 Å². The van der Waals surface area contributed by atoms with E-state index >= 15 is 0 Å². The minimum atomic E-state index is 0.437. The third kappa shape index (κ3) is 2.95. The highest BCUT2D eigenvalue weighted by atomic mass is 32.1. The molecule has 0 N–H and O–H groups in total. The van der Waals surface area contributed by atoms with Crippen molar-refractivity contribution in [1.29, 1.82) is 0 Å². The van der Waals surface area contributed by atoms with Gasteiger partial charge in [-0.05, 0) is 18.4 Å². The van der Waals surface area contributed by atoms with Crippen LogP contribution in [0.1, 0.15) is 29.0 Å². The number of hydrogen-bond donors (Lipinski definition) is 0. The van der Waals surface area contributed by atoms with Crippen LogP contribution in [-0.4, -0.2) is 34.4 Å². The topological polar surface area (TPSA) is 30.3 Å². The van der Waals surface area contributed by atoms with E-state index in [9.17, 15) is 0 Å². The van der Waals surface area contributed by atoms with Gasteiger partial charge in [0, 0.05) is 55.8 Å². The van der Waals surface area contributed by atoms with Crippen LogP contribution in [-0.2, 0) is 24.9 Å². The summed E-state index contributed by atoms with van der Waals surface area (Å²) in [5.41, 5.74) is 2.57. The summed E-state index contributed by atoms with van der Waals surface area (Å²) in [4.78, 5) is 3.89. The molecule has 1 aliphatic heterocycles. The van der Waals surface area contributed by atoms with Crippen LogP contribution >= 0.6 is 11.3 Å². The first-order valence-corrected chi connectivity index (χ1v) is 7.99. The molecule has 108 valence electrons. The summed E-state index contributed by atoms with van der Waals surface area (Å²) < 4.78 is 7.59. The van der Waals surface area contributed by atoms with Gasteiger partial charge in [-0.3, -0.25) is 9.58 Å². The van der Waals surface area contributed by atoms with E-state index in [4.69, 9.17) is 4.74 Å². The molecule has 4 nitrogen and oxygen atoms in total. The molecule has 2 aromatic rings. The zero-order valence-corrected chi connectivity index (χ0v) is 12.9. The van der Waals surface area contributed by atoms with Gasteiger partial charge in [-0.2, -0.15) is 5.10 Å². The van der Waals surface area contributed by atoms with Crippen molar-refractivity contribution in [3.63, 3.8) is 0 Å². The Labute approximate surface area is 124 Å². The molecule has 3 heterocycles. The summed E-state index contributed by atoms with van der Waals surface area (Å²) in [6.45, 7) is 6.62. The van der Waals surface area contributed by atoms with E-state index in [0.717, 1.165) is 32.8 Å². The van der Waals surface area contributed by atoms with Crippen LogP contribution in [0.2, 0.25) is 0 Å². The van der Waals surface area contributed by atoms with E-state index < -0.39 is 0 Å². The second kappa shape index (κ2) is 6.08. The van der Waals surface area contributed by atoms with E-state index in [1.54, 1.807) is 0 Å². The van der Waals surface area contributed by atoms with Crippen LogP contribution in [0.15, 0.2) is 23.7 Å². The Morgan fingerprint density at radius 1 is 1.50 bits per heavy atom. The molecule has 0 spiro atoms. The van der Waals surface area contributed by atoms with Gasteiger partial charge in [0.2, 0.25) is 0 Å². The molecule has 1 aliphatic rings. The second-order valence-corrected chi connectivity index (χ2v) is 6.34. The first-order valence-electron chi connectivity index (χ1n) is 7.11. The zero-order valence-electron chi connectivity index (χ0n) is 12.1. The Morgan fingerprint density at radius 2 is 2.40 bits per heavy atom. The number of thiophene rings is 1. The van der Waals surface area contributed by atoms with Crippen molar-refractivity contribution in [2.75, 3.05) is 19.8 Å². The van der Waals surface area contributed by atoms with Crippen LogP contribution in [0.25, 0.3) is 0 Å². The first kappa shape index (κ1) is 13.8. The quantitative estimate of drug-likeness (QED) is 0.848. The fraction of sp³-hybridized carbons (Fsp3) is 0.533. The molecule has 0 amide bonds. The highest BCUT2D eigenvalue weighted by Crippen LogP contribution is 2.29. The number of fused-ring (bicyclic) bond motifs is 1. The molecule has 0 saturated heterocycles. The summed E-state index contributed by atoms with van der Waals surface area (Å²) in [6, 6.07) is 4.32. The predicted octanol–water partition coefficient (Wildman–Crippen LogP) is 2.62. The van der Waals surface area contributed by atoms with E-state index in [0.29, 0.717) is 5.92 Å². The third-order valence-corrected chi connectivity index (χ3v) is 4.57. The standard InChI is InChI=1S/C15H21N3OS/c1-3-19-11-12-7-18(8-13-5-4-6-20-13)10-15-14(12)9-17(2)16-15/h4-6,9,12H,3,7-8,10-11H2,1-2H3/t12-/m1/s1. The Kier molecular flexibility index (Phi) is 4.19. The average molecular weight is 291 g/mol. The Bertz CT molecular complexity index is 549. The average Bonchev–Trinajstić information content (AvgIpc) is 3.04. The van der Waals surface area contributed by atoms with Crippen molar-refractivity contribution < 1.29 is 4.74 Å². The summed E-state index contributed by atoms with van der Waals surface area (Å²) in [7, 11) is 2.00. The Morgan fingerprint density at radius 3 is 3.15 bits per heavy atom. The molecular weight excluding hydrogens is 270 g/mol. The second-order valence-electron chi connectivity index (χ2n) is 5.31. The van der Waals surface area contributed by atoms with Crippen molar-refractivity contribution >= 4 is 11.3 Å². The largest absolute Gasteiger partial charge is 0.381 e. The van der Waals surface area contributed by atoms with Gasteiger partial charge in [0.05, 0.1) is 12.3 Å². The van der Waals surface area contributed by atoms with Gasteiger partial charge >= 0.3 is 0 Å². The molecule has 0 fully saturated rings. The van der Waals surface area contributed by atoms with Gasteiger partial charge < -0.3 is 4.74 Å². The Hall–Kier alpha value is -1.17. The molecule has 0 saturated carbocycles. The van der Waals surface area contributed by atoms with Crippen LogP contribution in [0, 0.1) is 0 Å². The molecule has 1 atom stereocenters. The molecule has 20 heavy (non-hydrogen) atoms. The van der Waals surface area contributed by atoms with Crippen LogP contribution < -0.4 is 0 Å². The molecule has 2 aromatic heterocycles. The smallest absolute Gasteiger partial charge is 0.0800 e. The van der Waals surface area contributed by atoms with E-state index in [2.05, 4.69) is 40.6 Å². The molecular formula is C15H21N3OS. The summed E-state index contributed by atoms with van der Waals surface area (Å²) in [6.07, 6.45) is 2.15. The fourth-order valence-electron chi connectivity index (χ4n) is 2.85. The van der Waals surface area contributed by atoms with Gasteiger partial charge in [0.25, 0.3) is 0 Å². The van der Waals surface area contributed by atoms with Crippen molar-refractivity contribution in [2.45, 2.75) is 25.9 Å². The summed E-state index contributed by atoms with van der Waals surface area (Å²) in [5.74, 6) is 0.437. The molecule has 0 aliphatic carbocycles. The monoisotopic (exact) mass is 291 g/mol. The lowest BCUT2D eigenvalue weighted by Gasteiger charge is -2.31. The normalized spacial score (nSPS) is 19.2. The maximum Gasteiger partial charge on any atom is 0.0800 e. The third-order valence-electron chi connectivity index (χ3n) is 3.71. The SMILES string of the molecule is CCOC[C@H]1CN(Cc2cccs2)Cc2nn(C)cc21. The van der Waals surface area contributed by atoms with Gasteiger partial charge in [-0.1, -0.05) is 6.07 Å². The van der Waals surface area contributed by atoms with Crippen LogP contribution in [0.3, 0.4) is 0 Å². The molecule has 5 heteroatoms. The number of rotatable bonds is 5. The summed E-state index contributed by atoms with van der Waals surface area (Å²) in [5, 5.41) is 6.75. The first-order chi connectivity index (χ1) is 9.76. The zero-order chi connectivity index (χ0) is 13.9. The molecule has 0 aromatic carbocycles. The lowest BCUT2D eigenvalue weighted by molar-refractivity contribution is 0.105. The molecule has 0 bridgehead atoms. The number of aryl methyl sites for hydroxylation is 1. The van der Waals surface area contributed by atoms with Crippen molar-refractivity contribution in [2.24, 2.45) is 7.05 Å². The van der Waals surface area contributed by atoms with Gasteiger partial charge in [0.1, 0.15) is 0 Å². The van der Waals surface area contributed by atoms with Gasteiger partial charge in [-0.15, -0.1) is 11.3 Å². The van der Waals surface area contributed by atoms with Crippen LogP contribution in [0.5, 0.6) is 0 Å². The van der Waals surface area contributed by atoms with E-state index in [1.165, 1.54) is 16.1 Å². The number of nitrogens with zero attached hydrogens (tertiary/aromatic N) is 3. The maximum atomic E-state index is 5.66.